The van der Waals surface area contributed by atoms with Gasteiger partial charge in [0.15, 0.2) is 0 Å². The van der Waals surface area contributed by atoms with Crippen LogP contribution >= 0.6 is 0 Å². The van der Waals surface area contributed by atoms with Crippen molar-refractivity contribution >= 4 is 22.3 Å². The van der Waals surface area contributed by atoms with Gasteiger partial charge in [-0.2, -0.15) is 0 Å². The highest BCUT2D eigenvalue weighted by atomic mass is 16.3. The van der Waals surface area contributed by atoms with E-state index in [2.05, 4.69) is 30.0 Å². The summed E-state index contributed by atoms with van der Waals surface area (Å²) in [6, 6.07) is 17.9. The van der Waals surface area contributed by atoms with Gasteiger partial charge < -0.3 is 25.3 Å². The van der Waals surface area contributed by atoms with Gasteiger partial charge in [-0.1, -0.05) is 25.1 Å². The van der Waals surface area contributed by atoms with Crippen LogP contribution in [0, 0.1) is 0 Å². The van der Waals surface area contributed by atoms with Crippen LogP contribution in [0.5, 0.6) is 0 Å². The molecule has 35 heavy (non-hydrogen) atoms. The molecule has 1 unspecified atom stereocenters. The summed E-state index contributed by atoms with van der Waals surface area (Å²) in [6.45, 7) is 2.26. The number of fused-ring (bicyclic) bond motifs is 2. The van der Waals surface area contributed by atoms with E-state index in [1.807, 2.05) is 36.4 Å². The zero-order valence-corrected chi connectivity index (χ0v) is 19.8. The summed E-state index contributed by atoms with van der Waals surface area (Å²) in [6.07, 6.45) is 2.80. The molecule has 0 amide bonds. The van der Waals surface area contributed by atoms with Crippen LogP contribution in [-0.4, -0.2) is 32.0 Å². The average molecular weight is 471 g/mol. The Morgan fingerprint density at radius 3 is 2.31 bits per heavy atom. The Labute approximate surface area is 204 Å². The number of para-hydroxylation sites is 1. The van der Waals surface area contributed by atoms with Gasteiger partial charge in [0.05, 0.1) is 26.4 Å². The summed E-state index contributed by atoms with van der Waals surface area (Å²) in [5, 5.41) is 41.8. The first-order valence-corrected chi connectivity index (χ1v) is 12.0. The van der Waals surface area contributed by atoms with Crippen molar-refractivity contribution in [3.05, 3.63) is 88.6 Å². The largest absolute Gasteiger partial charge is 0.392 e. The van der Waals surface area contributed by atoms with E-state index in [1.54, 1.807) is 6.20 Å². The minimum atomic E-state index is -0.237. The Morgan fingerprint density at radius 1 is 0.857 bits per heavy atom. The van der Waals surface area contributed by atoms with Gasteiger partial charge in [-0.15, -0.1) is 0 Å². The second kappa shape index (κ2) is 9.76. The highest BCUT2D eigenvalue weighted by molar-refractivity contribution is 6.00. The first-order valence-electron chi connectivity index (χ1n) is 12.0. The van der Waals surface area contributed by atoms with E-state index < -0.39 is 0 Å². The normalized spacial score (nSPS) is 15.5. The molecular formula is C29H30N2O4. The Kier molecular flexibility index (Phi) is 6.54. The van der Waals surface area contributed by atoms with Gasteiger partial charge in [0.1, 0.15) is 5.82 Å². The topological polar surface area (TPSA) is 97.1 Å². The van der Waals surface area contributed by atoms with Gasteiger partial charge >= 0.3 is 0 Å². The third-order valence-corrected chi connectivity index (χ3v) is 7.18. The summed E-state index contributed by atoms with van der Waals surface area (Å²) in [5.41, 5.74) is 6.68. The molecule has 1 atom stereocenters. The van der Waals surface area contributed by atoms with E-state index >= 15 is 0 Å². The summed E-state index contributed by atoms with van der Waals surface area (Å²) >= 11 is 0. The van der Waals surface area contributed by atoms with Crippen LogP contribution in [0.3, 0.4) is 0 Å². The molecule has 0 radical (unpaired) electrons. The molecule has 5 rings (SSSR count). The lowest BCUT2D eigenvalue weighted by atomic mass is 9.88. The number of aliphatic hydroxyl groups excluding tert-OH is 4. The first-order chi connectivity index (χ1) is 17.1. The van der Waals surface area contributed by atoms with Crippen molar-refractivity contribution in [1.82, 2.24) is 4.98 Å². The molecule has 0 saturated heterocycles. The molecule has 0 aliphatic carbocycles. The molecule has 0 bridgehead atoms. The standard InChI is InChI=1S/C29H30N2O4/c1-18-7-9-31(27-5-3-2-4-24(18)27)28-13-19(6-8-30-28)29-25-12-22(15-33)21(14-32)10-20(25)11-23(16-34)26(29)17-35/h2-6,8,10-13,18,32-35H,7,9,14-17H2,1H3. The SMILES string of the molecule is CC1CCN(c2cc(-c3c(CO)c(CO)cc4cc(CO)c(CO)cc34)ccn2)c2ccccc21. The number of rotatable bonds is 6. The zero-order valence-electron chi connectivity index (χ0n) is 19.8. The first kappa shape index (κ1) is 23.5. The zero-order chi connectivity index (χ0) is 24.5. The molecule has 0 fully saturated rings. The number of nitrogens with zero attached hydrogens (tertiary/aromatic N) is 2. The maximum Gasteiger partial charge on any atom is 0.133 e. The Morgan fingerprint density at radius 2 is 1.57 bits per heavy atom. The molecule has 2 heterocycles. The highest BCUT2D eigenvalue weighted by Crippen LogP contribution is 2.41. The third-order valence-electron chi connectivity index (χ3n) is 7.18. The lowest BCUT2D eigenvalue weighted by Crippen LogP contribution is -2.26. The van der Waals surface area contributed by atoms with Crippen LogP contribution in [0.15, 0.2) is 60.8 Å². The second-order valence-corrected chi connectivity index (χ2v) is 9.17. The predicted molar refractivity (Wildman–Crippen MR) is 137 cm³/mol. The minimum Gasteiger partial charge on any atom is -0.392 e. The number of pyridine rings is 1. The van der Waals surface area contributed by atoms with Crippen LogP contribution < -0.4 is 4.90 Å². The molecular weight excluding hydrogens is 440 g/mol. The Bertz CT molecular complexity index is 1380. The van der Waals surface area contributed by atoms with Gasteiger partial charge in [0.25, 0.3) is 0 Å². The van der Waals surface area contributed by atoms with Crippen LogP contribution in [0.2, 0.25) is 0 Å². The number of aromatic nitrogens is 1. The third kappa shape index (κ3) is 4.09. The molecule has 0 saturated carbocycles. The van der Waals surface area contributed by atoms with Crippen molar-refractivity contribution in [2.45, 2.75) is 45.7 Å². The number of hydrogen-bond donors (Lipinski definition) is 4. The molecule has 1 aromatic heterocycles. The highest BCUT2D eigenvalue weighted by Gasteiger charge is 2.24. The van der Waals surface area contributed by atoms with Crippen molar-refractivity contribution in [1.29, 1.82) is 0 Å². The van der Waals surface area contributed by atoms with E-state index in [9.17, 15) is 20.4 Å². The smallest absolute Gasteiger partial charge is 0.133 e. The van der Waals surface area contributed by atoms with Gasteiger partial charge in [-0.05, 0) is 98.5 Å². The van der Waals surface area contributed by atoms with E-state index in [0.29, 0.717) is 28.2 Å². The van der Waals surface area contributed by atoms with Crippen molar-refractivity contribution in [2.24, 2.45) is 0 Å². The summed E-state index contributed by atoms with van der Waals surface area (Å²) in [4.78, 5) is 6.93. The van der Waals surface area contributed by atoms with Crippen molar-refractivity contribution in [2.75, 3.05) is 11.4 Å². The molecule has 3 aromatic carbocycles. The predicted octanol–water partition coefficient (Wildman–Crippen LogP) is 4.52. The van der Waals surface area contributed by atoms with Crippen LogP contribution in [0.1, 0.15) is 47.1 Å². The monoisotopic (exact) mass is 470 g/mol. The molecule has 6 heteroatoms. The fraction of sp³-hybridized carbons (Fsp3) is 0.276. The van der Waals surface area contributed by atoms with Gasteiger partial charge in [-0.25, -0.2) is 4.98 Å². The van der Waals surface area contributed by atoms with Crippen molar-refractivity contribution in [3.8, 4) is 11.1 Å². The van der Waals surface area contributed by atoms with E-state index in [4.69, 9.17) is 4.98 Å². The summed E-state index contributed by atoms with van der Waals surface area (Å²) in [5.74, 6) is 1.30. The maximum absolute atomic E-state index is 10.3. The number of anilines is 2. The number of aliphatic hydroxyl groups is 4. The van der Waals surface area contributed by atoms with Crippen LogP contribution in [0.25, 0.3) is 21.9 Å². The molecule has 180 valence electrons. The summed E-state index contributed by atoms with van der Waals surface area (Å²) < 4.78 is 0. The molecule has 1 aliphatic rings. The second-order valence-electron chi connectivity index (χ2n) is 9.17. The number of benzene rings is 3. The molecule has 4 N–H and O–H groups in total. The van der Waals surface area contributed by atoms with Gasteiger partial charge in [-0.3, -0.25) is 0 Å². The Balaban J connectivity index is 1.73. The molecule has 6 nitrogen and oxygen atoms in total. The van der Waals surface area contributed by atoms with Gasteiger partial charge in [0, 0.05) is 18.4 Å². The molecule has 4 aromatic rings. The quantitative estimate of drug-likeness (QED) is 0.331. The molecule has 0 spiro atoms. The van der Waals surface area contributed by atoms with Crippen molar-refractivity contribution in [3.63, 3.8) is 0 Å². The lowest BCUT2D eigenvalue weighted by molar-refractivity contribution is 0.260. The van der Waals surface area contributed by atoms with Crippen LogP contribution in [-0.2, 0) is 26.4 Å². The summed E-state index contributed by atoms with van der Waals surface area (Å²) in [7, 11) is 0. The van der Waals surface area contributed by atoms with Crippen LogP contribution in [0.4, 0.5) is 11.5 Å². The van der Waals surface area contributed by atoms with E-state index in [1.165, 1.54) is 5.56 Å². The lowest BCUT2D eigenvalue weighted by Gasteiger charge is -2.34. The average Bonchev–Trinajstić information content (AvgIpc) is 2.91. The molecule has 1 aliphatic heterocycles. The van der Waals surface area contributed by atoms with E-state index in [-0.39, 0.29) is 26.4 Å². The van der Waals surface area contributed by atoms with Crippen molar-refractivity contribution < 1.29 is 20.4 Å². The maximum atomic E-state index is 10.3. The Hall–Kier alpha value is -3.29. The number of hydrogen-bond acceptors (Lipinski definition) is 6. The fourth-order valence-corrected chi connectivity index (χ4v) is 5.30. The van der Waals surface area contributed by atoms with Gasteiger partial charge in [0.2, 0.25) is 0 Å². The van der Waals surface area contributed by atoms with E-state index in [0.717, 1.165) is 46.4 Å². The fourth-order valence-electron chi connectivity index (χ4n) is 5.30. The minimum absolute atomic E-state index is 0.191.